The Kier molecular flexibility index (Phi) is 4.03. The average Bonchev–Trinajstić information content (AvgIpc) is 3.06. The van der Waals surface area contributed by atoms with E-state index in [-0.39, 0.29) is 0 Å². The number of aliphatic hydroxyl groups excluding tert-OH is 1. The first-order valence-corrected chi connectivity index (χ1v) is 8.49. The third-order valence-corrected chi connectivity index (χ3v) is 4.87. The number of aliphatic hydroxyl groups is 1. The highest BCUT2D eigenvalue weighted by atomic mass is 19.1. The summed E-state index contributed by atoms with van der Waals surface area (Å²) in [5.41, 5.74) is 7.08. The van der Waals surface area contributed by atoms with E-state index in [9.17, 15) is 5.11 Å². The number of rotatable bonds is 3. The van der Waals surface area contributed by atoms with Gasteiger partial charge in [0.05, 0.1) is 11.2 Å². The van der Waals surface area contributed by atoms with Gasteiger partial charge in [0.15, 0.2) is 0 Å². The van der Waals surface area contributed by atoms with Gasteiger partial charge in [0, 0.05) is 23.7 Å². The molecule has 3 aromatic rings. The molecule has 1 saturated heterocycles. The molecule has 0 amide bonds. The lowest BCUT2D eigenvalue weighted by Gasteiger charge is -2.30. The van der Waals surface area contributed by atoms with Crippen molar-refractivity contribution in [1.82, 2.24) is 15.1 Å². The Balaban J connectivity index is 1.68. The molecule has 130 valence electrons. The first kappa shape index (κ1) is 16.2. The summed E-state index contributed by atoms with van der Waals surface area (Å²) in [5, 5.41) is 18.2. The number of benzene rings is 2. The van der Waals surface area contributed by atoms with Crippen molar-refractivity contribution >= 4 is 10.9 Å². The molecule has 4 N–H and O–H groups in total. The van der Waals surface area contributed by atoms with E-state index in [1.54, 1.807) is 10.7 Å². The Labute approximate surface area is 145 Å². The van der Waals surface area contributed by atoms with E-state index in [0.717, 1.165) is 24.0 Å². The predicted molar refractivity (Wildman–Crippen MR) is 95.1 cm³/mol. The first-order chi connectivity index (χ1) is 12.1. The van der Waals surface area contributed by atoms with Gasteiger partial charge in [-0.1, -0.05) is 30.3 Å². The molecule has 1 aliphatic rings. The molecule has 0 saturated carbocycles. The lowest BCUT2D eigenvalue weighted by atomic mass is 9.88. The summed E-state index contributed by atoms with van der Waals surface area (Å²) in [6.45, 7) is 1.23. The number of nitrogens with two attached hydrogens (primary N) is 1. The summed E-state index contributed by atoms with van der Waals surface area (Å²) in [5.74, 6) is 0. The fraction of sp³-hybridized carbons (Fsp3) is 0.316. The van der Waals surface area contributed by atoms with E-state index in [1.807, 2.05) is 42.6 Å². The molecule has 2 unspecified atom stereocenters. The predicted octanol–water partition coefficient (Wildman–Crippen LogP) is 2.52. The molecule has 2 atom stereocenters. The van der Waals surface area contributed by atoms with Gasteiger partial charge in [0.1, 0.15) is 11.9 Å². The Morgan fingerprint density at radius 2 is 2.04 bits per heavy atom. The zero-order valence-electron chi connectivity index (χ0n) is 13.8. The largest absolute Gasteiger partial charge is 0.374 e. The quantitative estimate of drug-likeness (QED) is 0.641. The summed E-state index contributed by atoms with van der Waals surface area (Å²) in [7, 11) is 0. The number of nitrogens with one attached hydrogen (secondary N) is 1. The van der Waals surface area contributed by atoms with E-state index in [1.165, 1.54) is 0 Å². The SMILES string of the molecule is NC(O)c1cccc2cn(-c3ccc(C4(F)CCCNC4)cc3)nc12. The van der Waals surface area contributed by atoms with E-state index in [2.05, 4.69) is 10.4 Å². The second-order valence-corrected chi connectivity index (χ2v) is 6.60. The van der Waals surface area contributed by atoms with Crippen LogP contribution in [-0.2, 0) is 5.67 Å². The molecule has 0 radical (unpaired) electrons. The van der Waals surface area contributed by atoms with Gasteiger partial charge >= 0.3 is 0 Å². The number of aromatic nitrogens is 2. The van der Waals surface area contributed by atoms with Crippen LogP contribution in [0.2, 0.25) is 0 Å². The van der Waals surface area contributed by atoms with Crippen molar-refractivity contribution in [3.05, 3.63) is 59.8 Å². The van der Waals surface area contributed by atoms with Gasteiger partial charge in [-0.3, -0.25) is 0 Å². The molecule has 6 heteroatoms. The van der Waals surface area contributed by atoms with Crippen LogP contribution in [0.1, 0.15) is 30.2 Å². The molecule has 2 aromatic carbocycles. The highest BCUT2D eigenvalue weighted by Gasteiger charge is 2.33. The molecule has 0 bridgehead atoms. The maximum Gasteiger partial charge on any atom is 0.148 e. The standard InChI is InChI=1S/C19H21FN4O/c20-19(9-2-10-22-12-19)14-5-7-15(8-6-14)24-11-13-3-1-4-16(18(21)25)17(13)23-24/h1,3-8,11,18,22,25H,2,9-10,12,21H2. The molecule has 5 nitrogen and oxygen atoms in total. The zero-order chi connectivity index (χ0) is 17.4. The average molecular weight is 340 g/mol. The van der Waals surface area contributed by atoms with Crippen LogP contribution >= 0.6 is 0 Å². The van der Waals surface area contributed by atoms with Crippen LogP contribution in [0.15, 0.2) is 48.7 Å². The molecule has 4 rings (SSSR count). The van der Waals surface area contributed by atoms with Gasteiger partial charge in [-0.2, -0.15) is 5.10 Å². The van der Waals surface area contributed by atoms with Crippen molar-refractivity contribution in [2.24, 2.45) is 5.73 Å². The van der Waals surface area contributed by atoms with Crippen molar-refractivity contribution < 1.29 is 9.50 Å². The van der Waals surface area contributed by atoms with Crippen LogP contribution in [0.3, 0.4) is 0 Å². The number of hydrogen-bond acceptors (Lipinski definition) is 4. The van der Waals surface area contributed by atoms with E-state index in [4.69, 9.17) is 5.73 Å². The minimum atomic E-state index is -1.30. The fourth-order valence-electron chi connectivity index (χ4n) is 3.47. The monoisotopic (exact) mass is 340 g/mol. The molecule has 2 heterocycles. The third-order valence-electron chi connectivity index (χ3n) is 4.87. The van der Waals surface area contributed by atoms with Gasteiger partial charge in [0.25, 0.3) is 0 Å². The second kappa shape index (κ2) is 6.22. The Morgan fingerprint density at radius 3 is 2.72 bits per heavy atom. The van der Waals surface area contributed by atoms with Gasteiger partial charge in [-0.25, -0.2) is 9.07 Å². The Morgan fingerprint density at radius 1 is 1.24 bits per heavy atom. The number of halogens is 1. The molecular weight excluding hydrogens is 319 g/mol. The van der Waals surface area contributed by atoms with Crippen LogP contribution in [0.25, 0.3) is 16.6 Å². The maximum absolute atomic E-state index is 15.0. The Hall–Kier alpha value is -2.28. The van der Waals surface area contributed by atoms with Crippen LogP contribution < -0.4 is 11.1 Å². The van der Waals surface area contributed by atoms with Gasteiger partial charge < -0.3 is 16.2 Å². The topological polar surface area (TPSA) is 76.1 Å². The summed E-state index contributed by atoms with van der Waals surface area (Å²) < 4.78 is 16.7. The molecule has 1 fully saturated rings. The number of nitrogens with zero attached hydrogens (tertiary/aromatic N) is 2. The van der Waals surface area contributed by atoms with Crippen molar-refractivity contribution in [3.63, 3.8) is 0 Å². The maximum atomic E-state index is 15.0. The number of fused-ring (bicyclic) bond motifs is 1. The number of alkyl halides is 1. The van der Waals surface area contributed by atoms with Crippen LogP contribution in [0.5, 0.6) is 0 Å². The van der Waals surface area contributed by atoms with Crippen LogP contribution in [0, 0.1) is 0 Å². The highest BCUT2D eigenvalue weighted by Crippen LogP contribution is 2.33. The minimum absolute atomic E-state index is 0.357. The normalized spacial score (nSPS) is 22.2. The van der Waals surface area contributed by atoms with Crippen LogP contribution in [0.4, 0.5) is 4.39 Å². The van der Waals surface area contributed by atoms with Crippen molar-refractivity contribution in [3.8, 4) is 5.69 Å². The summed E-state index contributed by atoms with van der Waals surface area (Å²) in [6, 6.07) is 12.9. The summed E-state index contributed by atoms with van der Waals surface area (Å²) in [6.07, 6.45) is 2.19. The van der Waals surface area contributed by atoms with E-state index in [0.29, 0.717) is 29.6 Å². The lowest BCUT2D eigenvalue weighted by Crippen LogP contribution is -2.40. The molecular formula is C19H21FN4O. The van der Waals surface area contributed by atoms with E-state index < -0.39 is 11.9 Å². The molecule has 25 heavy (non-hydrogen) atoms. The second-order valence-electron chi connectivity index (χ2n) is 6.60. The highest BCUT2D eigenvalue weighted by molar-refractivity contribution is 5.82. The third kappa shape index (κ3) is 2.93. The lowest BCUT2D eigenvalue weighted by molar-refractivity contribution is 0.122. The van der Waals surface area contributed by atoms with Crippen molar-refractivity contribution in [1.29, 1.82) is 0 Å². The smallest absolute Gasteiger partial charge is 0.148 e. The summed E-state index contributed by atoms with van der Waals surface area (Å²) >= 11 is 0. The minimum Gasteiger partial charge on any atom is -0.374 e. The molecule has 0 spiro atoms. The first-order valence-electron chi connectivity index (χ1n) is 8.49. The molecule has 1 aliphatic heterocycles. The molecule has 0 aliphatic carbocycles. The number of hydrogen-bond donors (Lipinski definition) is 3. The number of piperidine rings is 1. The Bertz CT molecular complexity index is 882. The fourth-order valence-corrected chi connectivity index (χ4v) is 3.47. The van der Waals surface area contributed by atoms with Crippen molar-refractivity contribution in [2.75, 3.05) is 13.1 Å². The van der Waals surface area contributed by atoms with Crippen LogP contribution in [-0.4, -0.2) is 28.0 Å². The molecule has 1 aromatic heterocycles. The van der Waals surface area contributed by atoms with Gasteiger partial charge in [0.2, 0.25) is 0 Å². The summed E-state index contributed by atoms with van der Waals surface area (Å²) in [4.78, 5) is 0. The van der Waals surface area contributed by atoms with Crippen molar-refractivity contribution in [2.45, 2.75) is 24.7 Å². The van der Waals surface area contributed by atoms with Gasteiger partial charge in [-0.05, 0) is 37.1 Å². The van der Waals surface area contributed by atoms with E-state index >= 15 is 4.39 Å². The van der Waals surface area contributed by atoms with Gasteiger partial charge in [-0.15, -0.1) is 0 Å². The zero-order valence-corrected chi connectivity index (χ0v) is 13.8.